The standard InChI is InChI=1S/C40H24N4O2/c1-2-6-26-17-27(10-9-25(26)5-1)28-11-12-33-34(18-28)40(30-14-16-44-36(20-30)38-22-42-24-46-38)32-8-4-3-7-31(32)39(33)29-13-15-43-35(19-29)37-21-41-23-45-37/h1-24H. The highest BCUT2D eigenvalue weighted by molar-refractivity contribution is 6.22. The SMILES string of the molecule is c1ccc2cc(-c3ccc4c(-c5ccnc(-c6cnco6)c5)c5ccccc5c(-c5ccnc(-c6cnco6)c5)c4c3)ccc2c1. The highest BCUT2D eigenvalue weighted by Gasteiger charge is 2.19. The van der Waals surface area contributed by atoms with Crippen LogP contribution in [0.25, 0.3) is 88.6 Å². The Bertz CT molecular complexity index is 2540. The van der Waals surface area contributed by atoms with Crippen LogP contribution in [-0.2, 0) is 0 Å². The number of aromatic nitrogens is 4. The molecule has 0 saturated carbocycles. The highest BCUT2D eigenvalue weighted by atomic mass is 16.3. The summed E-state index contributed by atoms with van der Waals surface area (Å²) in [5, 5.41) is 6.96. The van der Waals surface area contributed by atoms with Crippen molar-refractivity contribution in [3.05, 3.63) is 147 Å². The molecule has 0 N–H and O–H groups in total. The molecule has 0 saturated heterocycles. The third-order valence-electron chi connectivity index (χ3n) is 8.57. The lowest BCUT2D eigenvalue weighted by Crippen LogP contribution is -1.93. The number of fused-ring (bicyclic) bond motifs is 3. The molecule has 216 valence electrons. The van der Waals surface area contributed by atoms with Gasteiger partial charge in [0.15, 0.2) is 24.3 Å². The number of hydrogen-bond acceptors (Lipinski definition) is 6. The molecule has 0 aliphatic heterocycles. The van der Waals surface area contributed by atoms with Gasteiger partial charge in [-0.25, -0.2) is 9.97 Å². The zero-order valence-electron chi connectivity index (χ0n) is 24.5. The Kier molecular flexibility index (Phi) is 6.03. The van der Waals surface area contributed by atoms with Gasteiger partial charge in [0.2, 0.25) is 0 Å². The molecule has 0 amide bonds. The van der Waals surface area contributed by atoms with Gasteiger partial charge >= 0.3 is 0 Å². The van der Waals surface area contributed by atoms with Crippen molar-refractivity contribution in [1.82, 2.24) is 19.9 Å². The zero-order valence-corrected chi connectivity index (χ0v) is 24.5. The Morgan fingerprint density at radius 2 is 0.957 bits per heavy atom. The van der Waals surface area contributed by atoms with E-state index >= 15 is 0 Å². The van der Waals surface area contributed by atoms with Crippen LogP contribution < -0.4 is 0 Å². The van der Waals surface area contributed by atoms with E-state index in [2.05, 4.69) is 129 Å². The van der Waals surface area contributed by atoms with E-state index in [4.69, 9.17) is 8.83 Å². The summed E-state index contributed by atoms with van der Waals surface area (Å²) in [5.41, 5.74) is 8.11. The Morgan fingerprint density at radius 1 is 0.413 bits per heavy atom. The second-order valence-corrected chi connectivity index (χ2v) is 11.2. The van der Waals surface area contributed by atoms with E-state index in [0.29, 0.717) is 11.5 Å². The molecule has 6 heteroatoms. The number of oxazole rings is 2. The molecule has 0 aliphatic carbocycles. The normalized spacial score (nSPS) is 11.5. The number of nitrogens with zero attached hydrogens (tertiary/aromatic N) is 4. The molecule has 46 heavy (non-hydrogen) atoms. The molecule has 0 unspecified atom stereocenters. The van der Waals surface area contributed by atoms with E-state index in [9.17, 15) is 0 Å². The molecule has 6 nitrogen and oxygen atoms in total. The van der Waals surface area contributed by atoms with E-state index in [0.717, 1.165) is 66.3 Å². The Balaban J connectivity index is 1.36. The van der Waals surface area contributed by atoms with Crippen LogP contribution in [0.1, 0.15) is 0 Å². The van der Waals surface area contributed by atoms with Gasteiger partial charge in [-0.3, -0.25) is 9.97 Å². The van der Waals surface area contributed by atoms with Crippen LogP contribution in [0.4, 0.5) is 0 Å². The molecule has 0 aliphatic rings. The van der Waals surface area contributed by atoms with Gasteiger partial charge in [0.05, 0.1) is 12.4 Å². The van der Waals surface area contributed by atoms with E-state index in [1.54, 1.807) is 12.4 Å². The van der Waals surface area contributed by atoms with Crippen LogP contribution in [0.3, 0.4) is 0 Å². The van der Waals surface area contributed by atoms with Crippen LogP contribution in [0, 0.1) is 0 Å². The number of pyridine rings is 2. The molecule has 5 aromatic carbocycles. The third-order valence-corrected chi connectivity index (χ3v) is 8.57. The second-order valence-electron chi connectivity index (χ2n) is 11.2. The predicted octanol–water partition coefficient (Wildman–Crippen LogP) is 10.2. The number of benzene rings is 5. The summed E-state index contributed by atoms with van der Waals surface area (Å²) < 4.78 is 11.2. The van der Waals surface area contributed by atoms with Crippen molar-refractivity contribution in [3.8, 4) is 56.3 Å². The maximum atomic E-state index is 5.62. The van der Waals surface area contributed by atoms with Gasteiger partial charge in [-0.1, -0.05) is 72.8 Å². The minimum absolute atomic E-state index is 0.626. The summed E-state index contributed by atoms with van der Waals surface area (Å²) in [6, 6.07) is 38.8. The fourth-order valence-corrected chi connectivity index (χ4v) is 6.47. The molecule has 4 aromatic heterocycles. The Morgan fingerprint density at radius 3 is 1.59 bits per heavy atom. The fraction of sp³-hybridized carbons (Fsp3) is 0. The van der Waals surface area contributed by atoms with E-state index < -0.39 is 0 Å². The van der Waals surface area contributed by atoms with Gasteiger partial charge in [-0.15, -0.1) is 0 Å². The Labute approximate surface area is 263 Å². The summed E-state index contributed by atoms with van der Waals surface area (Å²) in [5.74, 6) is 1.25. The first kappa shape index (κ1) is 26.0. The topological polar surface area (TPSA) is 77.8 Å². The van der Waals surface area contributed by atoms with Crippen molar-refractivity contribution < 1.29 is 8.83 Å². The van der Waals surface area contributed by atoms with Gasteiger partial charge in [0, 0.05) is 12.4 Å². The third kappa shape index (κ3) is 4.35. The zero-order chi connectivity index (χ0) is 30.5. The molecular weight excluding hydrogens is 568 g/mol. The predicted molar refractivity (Wildman–Crippen MR) is 182 cm³/mol. The van der Waals surface area contributed by atoms with Crippen LogP contribution in [0.15, 0.2) is 156 Å². The van der Waals surface area contributed by atoms with Crippen molar-refractivity contribution in [2.75, 3.05) is 0 Å². The molecule has 0 spiro atoms. The van der Waals surface area contributed by atoms with Crippen molar-refractivity contribution in [2.24, 2.45) is 0 Å². The molecule has 4 heterocycles. The Hall–Kier alpha value is -6.40. The lowest BCUT2D eigenvalue weighted by Gasteiger charge is -2.19. The van der Waals surface area contributed by atoms with Crippen molar-refractivity contribution >= 4 is 32.3 Å². The first-order valence-corrected chi connectivity index (χ1v) is 15.0. The summed E-state index contributed by atoms with van der Waals surface area (Å²) in [4.78, 5) is 17.4. The first-order chi connectivity index (χ1) is 22.8. The van der Waals surface area contributed by atoms with Crippen LogP contribution >= 0.6 is 0 Å². The molecule has 0 radical (unpaired) electrons. The van der Waals surface area contributed by atoms with Crippen LogP contribution in [0.5, 0.6) is 0 Å². The summed E-state index contributed by atoms with van der Waals surface area (Å²) in [6.07, 6.45) is 9.91. The second kappa shape index (κ2) is 10.6. The van der Waals surface area contributed by atoms with Crippen LogP contribution in [0.2, 0.25) is 0 Å². The van der Waals surface area contributed by atoms with Gasteiger partial charge < -0.3 is 8.83 Å². The van der Waals surface area contributed by atoms with E-state index in [1.165, 1.54) is 23.6 Å². The van der Waals surface area contributed by atoms with Crippen molar-refractivity contribution in [2.45, 2.75) is 0 Å². The quantitative estimate of drug-likeness (QED) is 0.185. The number of rotatable bonds is 5. The average molecular weight is 593 g/mol. The fourth-order valence-electron chi connectivity index (χ4n) is 6.47. The lowest BCUT2D eigenvalue weighted by molar-refractivity contribution is 0.569. The van der Waals surface area contributed by atoms with E-state index in [-0.39, 0.29) is 0 Å². The van der Waals surface area contributed by atoms with Crippen molar-refractivity contribution in [3.63, 3.8) is 0 Å². The monoisotopic (exact) mass is 592 g/mol. The maximum absolute atomic E-state index is 5.62. The molecule has 9 aromatic rings. The maximum Gasteiger partial charge on any atom is 0.181 e. The first-order valence-electron chi connectivity index (χ1n) is 15.0. The van der Waals surface area contributed by atoms with Gasteiger partial charge in [-0.05, 0) is 102 Å². The van der Waals surface area contributed by atoms with Gasteiger partial charge in [0.1, 0.15) is 11.4 Å². The van der Waals surface area contributed by atoms with Crippen molar-refractivity contribution in [1.29, 1.82) is 0 Å². The molecule has 0 bridgehead atoms. The van der Waals surface area contributed by atoms with E-state index in [1.807, 2.05) is 12.4 Å². The average Bonchev–Trinajstić information content (AvgIpc) is 3.86. The summed E-state index contributed by atoms with van der Waals surface area (Å²) >= 11 is 0. The molecule has 0 atom stereocenters. The summed E-state index contributed by atoms with van der Waals surface area (Å²) in [6.45, 7) is 0. The molecule has 9 rings (SSSR count). The summed E-state index contributed by atoms with van der Waals surface area (Å²) in [7, 11) is 0. The molecule has 0 fully saturated rings. The smallest absolute Gasteiger partial charge is 0.181 e. The molecular formula is C40H24N4O2. The van der Waals surface area contributed by atoms with Gasteiger partial charge in [0.25, 0.3) is 0 Å². The van der Waals surface area contributed by atoms with Gasteiger partial charge in [-0.2, -0.15) is 0 Å². The van der Waals surface area contributed by atoms with Crippen LogP contribution in [-0.4, -0.2) is 19.9 Å². The minimum Gasteiger partial charge on any atom is -0.442 e. The number of hydrogen-bond donors (Lipinski definition) is 0. The highest BCUT2D eigenvalue weighted by Crippen LogP contribution is 2.45. The largest absolute Gasteiger partial charge is 0.442 e. The lowest BCUT2D eigenvalue weighted by atomic mass is 9.84. The minimum atomic E-state index is 0.626.